The number of fused-ring (bicyclic) bond motifs is 5. The Labute approximate surface area is 151 Å². The van der Waals surface area contributed by atoms with Crippen LogP contribution in [0, 0.1) is 34.5 Å². The molecule has 3 heteroatoms. The van der Waals surface area contributed by atoms with E-state index in [1.807, 2.05) is 0 Å². The lowest BCUT2D eigenvalue weighted by molar-refractivity contribution is -0.160. The number of Topliss-reactive ketones (excluding diaryl/α,β-unsaturated/α-hetero) is 1. The van der Waals surface area contributed by atoms with Gasteiger partial charge in [0, 0.05) is 5.41 Å². The molecule has 4 aliphatic rings. The van der Waals surface area contributed by atoms with Gasteiger partial charge in [0.15, 0.2) is 5.78 Å². The number of aliphatic hydroxyl groups excluding tert-OH is 1. The average molecular weight is 347 g/mol. The molecule has 0 spiro atoms. The zero-order chi connectivity index (χ0) is 18.2. The van der Waals surface area contributed by atoms with Gasteiger partial charge in [-0.05, 0) is 81.0 Å². The van der Waals surface area contributed by atoms with Gasteiger partial charge in [0.2, 0.25) is 0 Å². The molecule has 3 saturated carbocycles. The first-order valence-electron chi connectivity index (χ1n) is 10.3. The van der Waals surface area contributed by atoms with Crippen LogP contribution in [0.3, 0.4) is 0 Å². The maximum absolute atomic E-state index is 12.3. The molecular formula is C22H34O3. The Morgan fingerprint density at radius 3 is 2.56 bits per heavy atom. The smallest absolute Gasteiger partial charge is 0.161 e. The van der Waals surface area contributed by atoms with Crippen molar-refractivity contribution in [3.63, 3.8) is 0 Å². The van der Waals surface area contributed by atoms with Gasteiger partial charge >= 0.3 is 0 Å². The van der Waals surface area contributed by atoms with Crippen LogP contribution < -0.4 is 0 Å². The minimum Gasteiger partial charge on any atom is -0.393 e. The van der Waals surface area contributed by atoms with Crippen molar-refractivity contribution in [2.45, 2.75) is 84.3 Å². The van der Waals surface area contributed by atoms with E-state index in [1.54, 1.807) is 6.92 Å². The predicted molar refractivity (Wildman–Crippen MR) is 97.9 cm³/mol. The van der Waals surface area contributed by atoms with E-state index in [0.29, 0.717) is 30.1 Å². The average Bonchev–Trinajstić information content (AvgIpc) is 2.82. The highest BCUT2D eigenvalue weighted by molar-refractivity contribution is 5.86. The largest absolute Gasteiger partial charge is 0.393 e. The molecule has 4 aliphatic carbocycles. The molecule has 0 bridgehead atoms. The molecule has 3 fully saturated rings. The molecular weight excluding hydrogens is 312 g/mol. The standard InChI is InChI=1S/C22H34O3/c1-13-11-16(24)12-15-5-6-17-18-8-10-22(25,14(2)23)20(18,3)9-7-19(17)21(13,15)4/h5,13,16-19,24-25H,6-12H2,1-4H3/t13?,16?,17-,18-,19-,20-,21-,22-/m0/s1. The number of aliphatic hydroxyl groups is 2. The third-order valence-corrected chi connectivity index (χ3v) is 9.37. The molecule has 4 rings (SSSR count). The van der Waals surface area contributed by atoms with E-state index in [1.165, 1.54) is 5.57 Å². The topological polar surface area (TPSA) is 57.5 Å². The van der Waals surface area contributed by atoms with Gasteiger partial charge in [0.1, 0.15) is 5.60 Å². The van der Waals surface area contributed by atoms with Crippen molar-refractivity contribution in [2.24, 2.45) is 34.5 Å². The summed E-state index contributed by atoms with van der Waals surface area (Å²) < 4.78 is 0. The quantitative estimate of drug-likeness (QED) is 0.709. The number of ketones is 1. The summed E-state index contributed by atoms with van der Waals surface area (Å²) in [5, 5.41) is 21.4. The van der Waals surface area contributed by atoms with Crippen LogP contribution in [-0.2, 0) is 4.79 Å². The van der Waals surface area contributed by atoms with E-state index in [9.17, 15) is 15.0 Å². The molecule has 0 amide bonds. The summed E-state index contributed by atoms with van der Waals surface area (Å²) in [6.45, 7) is 8.50. The van der Waals surface area contributed by atoms with Crippen molar-refractivity contribution < 1.29 is 15.0 Å². The van der Waals surface area contributed by atoms with Gasteiger partial charge in [-0.15, -0.1) is 0 Å². The van der Waals surface area contributed by atoms with E-state index in [2.05, 4.69) is 26.8 Å². The summed E-state index contributed by atoms with van der Waals surface area (Å²) in [7, 11) is 0. The Morgan fingerprint density at radius 1 is 1.20 bits per heavy atom. The highest BCUT2D eigenvalue weighted by Crippen LogP contribution is 2.68. The first-order chi connectivity index (χ1) is 11.6. The Morgan fingerprint density at radius 2 is 1.88 bits per heavy atom. The van der Waals surface area contributed by atoms with E-state index >= 15 is 0 Å². The molecule has 0 aromatic heterocycles. The van der Waals surface area contributed by atoms with Crippen LogP contribution >= 0.6 is 0 Å². The van der Waals surface area contributed by atoms with Gasteiger partial charge in [-0.2, -0.15) is 0 Å². The second-order valence-corrected chi connectivity index (χ2v) is 10.0. The SMILES string of the molecule is CC(=O)[C@@]1(O)CC[C@H]2[C@@H]3CC=C4CC(O)CC(C)[C@]4(C)[C@H]3CC[C@@]21C. The summed E-state index contributed by atoms with van der Waals surface area (Å²) in [5.74, 6) is 2.09. The molecule has 0 aliphatic heterocycles. The number of allylic oxidation sites excluding steroid dienone is 1. The molecule has 2 N–H and O–H groups in total. The molecule has 25 heavy (non-hydrogen) atoms. The van der Waals surface area contributed by atoms with E-state index in [-0.39, 0.29) is 22.7 Å². The van der Waals surface area contributed by atoms with E-state index < -0.39 is 5.60 Å². The Kier molecular flexibility index (Phi) is 3.84. The van der Waals surface area contributed by atoms with Crippen molar-refractivity contribution in [1.82, 2.24) is 0 Å². The highest BCUT2D eigenvalue weighted by atomic mass is 16.3. The van der Waals surface area contributed by atoms with Crippen molar-refractivity contribution in [3.05, 3.63) is 11.6 Å². The lowest BCUT2D eigenvalue weighted by Gasteiger charge is -2.60. The second kappa shape index (κ2) is 5.42. The Balaban J connectivity index is 1.72. The van der Waals surface area contributed by atoms with Gasteiger partial charge < -0.3 is 10.2 Å². The lowest BCUT2D eigenvalue weighted by Crippen LogP contribution is -2.58. The third-order valence-electron chi connectivity index (χ3n) is 9.37. The van der Waals surface area contributed by atoms with Crippen molar-refractivity contribution in [1.29, 1.82) is 0 Å². The van der Waals surface area contributed by atoms with Crippen LogP contribution in [0.5, 0.6) is 0 Å². The molecule has 8 atom stereocenters. The molecule has 0 radical (unpaired) electrons. The second-order valence-electron chi connectivity index (χ2n) is 10.0. The number of carbonyl (C=O) groups excluding carboxylic acids is 1. The predicted octanol–water partition coefficient (Wildman–Crippen LogP) is 3.88. The summed E-state index contributed by atoms with van der Waals surface area (Å²) in [4.78, 5) is 12.3. The fraction of sp³-hybridized carbons (Fsp3) is 0.864. The molecule has 0 saturated heterocycles. The molecule has 140 valence electrons. The van der Waals surface area contributed by atoms with Gasteiger partial charge in [-0.25, -0.2) is 0 Å². The van der Waals surface area contributed by atoms with Gasteiger partial charge in [0.25, 0.3) is 0 Å². The molecule has 0 heterocycles. The number of hydrogen-bond acceptors (Lipinski definition) is 3. The van der Waals surface area contributed by atoms with Gasteiger partial charge in [-0.1, -0.05) is 32.4 Å². The minimum absolute atomic E-state index is 0.0386. The Hall–Kier alpha value is -0.670. The van der Waals surface area contributed by atoms with Crippen LogP contribution in [-0.4, -0.2) is 27.7 Å². The fourth-order valence-electron chi connectivity index (χ4n) is 7.67. The fourth-order valence-corrected chi connectivity index (χ4v) is 7.67. The first-order valence-corrected chi connectivity index (χ1v) is 10.3. The van der Waals surface area contributed by atoms with Crippen molar-refractivity contribution in [3.8, 4) is 0 Å². The summed E-state index contributed by atoms with van der Waals surface area (Å²) in [6, 6.07) is 0. The summed E-state index contributed by atoms with van der Waals surface area (Å²) in [5.41, 5.74) is 0.268. The van der Waals surface area contributed by atoms with Crippen LogP contribution in [0.2, 0.25) is 0 Å². The number of hydrogen-bond donors (Lipinski definition) is 2. The molecule has 2 unspecified atom stereocenters. The van der Waals surface area contributed by atoms with E-state index in [4.69, 9.17) is 0 Å². The first kappa shape index (κ1) is 17.7. The van der Waals surface area contributed by atoms with E-state index in [0.717, 1.165) is 38.5 Å². The third kappa shape index (κ3) is 2.09. The lowest BCUT2D eigenvalue weighted by atomic mass is 9.45. The molecule has 3 nitrogen and oxygen atoms in total. The monoisotopic (exact) mass is 346 g/mol. The normalized spacial score (nSPS) is 55.0. The zero-order valence-electron chi connectivity index (χ0n) is 16.2. The van der Waals surface area contributed by atoms with Crippen LogP contribution in [0.25, 0.3) is 0 Å². The number of rotatable bonds is 1. The maximum atomic E-state index is 12.3. The van der Waals surface area contributed by atoms with Gasteiger partial charge in [0.05, 0.1) is 6.10 Å². The van der Waals surface area contributed by atoms with Crippen molar-refractivity contribution in [2.75, 3.05) is 0 Å². The summed E-state index contributed by atoms with van der Waals surface area (Å²) >= 11 is 0. The Bertz CT molecular complexity index is 625. The highest BCUT2D eigenvalue weighted by Gasteiger charge is 2.65. The number of carbonyl (C=O) groups is 1. The zero-order valence-corrected chi connectivity index (χ0v) is 16.2. The van der Waals surface area contributed by atoms with Crippen LogP contribution in [0.4, 0.5) is 0 Å². The minimum atomic E-state index is -1.12. The van der Waals surface area contributed by atoms with Crippen molar-refractivity contribution >= 4 is 5.78 Å². The molecule has 0 aromatic rings. The van der Waals surface area contributed by atoms with Gasteiger partial charge in [-0.3, -0.25) is 4.79 Å². The summed E-state index contributed by atoms with van der Waals surface area (Å²) in [6.07, 6.45) is 8.68. The van der Waals surface area contributed by atoms with Crippen LogP contribution in [0.1, 0.15) is 72.6 Å². The molecule has 0 aromatic carbocycles. The maximum Gasteiger partial charge on any atom is 0.161 e. The van der Waals surface area contributed by atoms with Crippen LogP contribution in [0.15, 0.2) is 11.6 Å².